The number of nitrogens with zero attached hydrogens (tertiary/aromatic N) is 2. The maximum absolute atomic E-state index is 13.1. The van der Waals surface area contributed by atoms with Crippen molar-refractivity contribution in [1.82, 2.24) is 15.2 Å². The highest BCUT2D eigenvalue weighted by Gasteiger charge is 2.28. The normalized spacial score (nSPS) is 14.0. The van der Waals surface area contributed by atoms with Crippen LogP contribution in [0.15, 0.2) is 60.7 Å². The molecule has 0 aliphatic carbocycles. The summed E-state index contributed by atoms with van der Waals surface area (Å²) in [5.41, 5.74) is 5.22. The number of carbonyl (C=O) groups excluding carboxylic acids is 2. The summed E-state index contributed by atoms with van der Waals surface area (Å²) in [5.74, 6) is 0.700. The zero-order chi connectivity index (χ0) is 24.1. The predicted octanol–water partition coefficient (Wildman–Crippen LogP) is 4.66. The van der Waals surface area contributed by atoms with Crippen LogP contribution in [0.1, 0.15) is 62.0 Å². The number of methoxy groups -OCH3 is 1. The maximum atomic E-state index is 13.1. The molecule has 0 radical (unpaired) electrons. The van der Waals surface area contributed by atoms with Gasteiger partial charge in [-0.15, -0.1) is 0 Å². The minimum Gasteiger partial charge on any atom is -0.497 e. The summed E-state index contributed by atoms with van der Waals surface area (Å²) < 4.78 is 5.25. The third kappa shape index (κ3) is 5.28. The second-order valence-corrected chi connectivity index (χ2v) is 8.79. The van der Waals surface area contributed by atoms with Gasteiger partial charge in [0.1, 0.15) is 5.75 Å². The van der Waals surface area contributed by atoms with Gasteiger partial charge >= 0.3 is 0 Å². The van der Waals surface area contributed by atoms with Gasteiger partial charge in [-0.05, 0) is 68.1 Å². The standard InChI is InChI=1S/C28H31N3O3/c1-19-7-4-5-8-23(19)18-29-27(32)25-12-11-20(2)30-26(25)21-13-15-31(16-14-21)28(33)22-9-6-10-24(17-22)34-3/h4-12,17,21H,13-16,18H2,1-3H3,(H,29,32). The van der Waals surface area contributed by atoms with Crippen LogP contribution in [0.2, 0.25) is 0 Å². The minimum absolute atomic E-state index is 0.00532. The van der Waals surface area contributed by atoms with Gasteiger partial charge in [-0.2, -0.15) is 0 Å². The lowest BCUT2D eigenvalue weighted by Gasteiger charge is -2.32. The Balaban J connectivity index is 1.44. The quantitative estimate of drug-likeness (QED) is 0.585. The summed E-state index contributed by atoms with van der Waals surface area (Å²) >= 11 is 0. The molecule has 1 aromatic heterocycles. The van der Waals surface area contributed by atoms with Crippen molar-refractivity contribution in [3.8, 4) is 5.75 Å². The van der Waals surface area contributed by atoms with Crippen LogP contribution in [0.25, 0.3) is 0 Å². The molecular weight excluding hydrogens is 426 g/mol. The van der Waals surface area contributed by atoms with Crippen LogP contribution in [0.3, 0.4) is 0 Å². The average molecular weight is 458 g/mol. The number of pyridine rings is 1. The van der Waals surface area contributed by atoms with Crippen molar-refractivity contribution in [2.75, 3.05) is 20.2 Å². The van der Waals surface area contributed by atoms with Gasteiger partial charge in [-0.1, -0.05) is 30.3 Å². The van der Waals surface area contributed by atoms with Crippen LogP contribution in [-0.4, -0.2) is 41.9 Å². The lowest BCUT2D eigenvalue weighted by atomic mass is 9.89. The van der Waals surface area contributed by atoms with Crippen LogP contribution < -0.4 is 10.1 Å². The first-order valence-electron chi connectivity index (χ1n) is 11.7. The van der Waals surface area contributed by atoms with Crippen molar-refractivity contribution in [3.05, 3.63) is 94.3 Å². The van der Waals surface area contributed by atoms with Crippen molar-refractivity contribution in [3.63, 3.8) is 0 Å². The van der Waals surface area contributed by atoms with Crippen molar-refractivity contribution in [2.24, 2.45) is 0 Å². The number of carbonyl (C=O) groups is 2. The molecule has 6 heteroatoms. The SMILES string of the molecule is COc1cccc(C(=O)N2CCC(c3nc(C)ccc3C(=O)NCc3ccccc3C)CC2)c1. The Labute approximate surface area is 201 Å². The second kappa shape index (κ2) is 10.5. The van der Waals surface area contributed by atoms with Crippen LogP contribution in [0.5, 0.6) is 5.75 Å². The van der Waals surface area contributed by atoms with E-state index in [0.29, 0.717) is 36.5 Å². The van der Waals surface area contributed by atoms with E-state index in [1.165, 1.54) is 0 Å². The van der Waals surface area contributed by atoms with Gasteiger partial charge in [0.05, 0.1) is 18.4 Å². The molecule has 2 amide bonds. The van der Waals surface area contributed by atoms with Gasteiger partial charge in [0, 0.05) is 36.8 Å². The monoisotopic (exact) mass is 457 g/mol. The Bertz CT molecular complexity index is 1180. The molecule has 2 aromatic carbocycles. The van der Waals surface area contributed by atoms with Gasteiger partial charge in [0.15, 0.2) is 0 Å². The fourth-order valence-electron chi connectivity index (χ4n) is 4.45. The fourth-order valence-corrected chi connectivity index (χ4v) is 4.45. The number of benzene rings is 2. The number of piperidine rings is 1. The van der Waals surface area contributed by atoms with E-state index < -0.39 is 0 Å². The Hall–Kier alpha value is -3.67. The summed E-state index contributed by atoms with van der Waals surface area (Å²) in [5, 5.41) is 3.06. The Kier molecular flexibility index (Phi) is 7.26. The van der Waals surface area contributed by atoms with Gasteiger partial charge in [-0.25, -0.2) is 0 Å². The second-order valence-electron chi connectivity index (χ2n) is 8.79. The van der Waals surface area contributed by atoms with Crippen LogP contribution in [-0.2, 0) is 6.54 Å². The van der Waals surface area contributed by atoms with Crippen molar-refractivity contribution < 1.29 is 14.3 Å². The molecule has 1 saturated heterocycles. The highest BCUT2D eigenvalue weighted by Crippen LogP contribution is 2.30. The molecule has 1 fully saturated rings. The lowest BCUT2D eigenvalue weighted by Crippen LogP contribution is -2.38. The van der Waals surface area contributed by atoms with Gasteiger partial charge < -0.3 is 15.0 Å². The largest absolute Gasteiger partial charge is 0.497 e. The zero-order valence-corrected chi connectivity index (χ0v) is 20.0. The van der Waals surface area contributed by atoms with E-state index >= 15 is 0 Å². The predicted molar refractivity (Wildman–Crippen MR) is 132 cm³/mol. The number of hydrogen-bond acceptors (Lipinski definition) is 4. The molecule has 176 valence electrons. The molecule has 3 aromatic rings. The number of nitrogens with one attached hydrogen (secondary N) is 1. The lowest BCUT2D eigenvalue weighted by molar-refractivity contribution is 0.0710. The molecule has 1 N–H and O–H groups in total. The number of amides is 2. The third-order valence-corrected chi connectivity index (χ3v) is 6.49. The molecule has 4 rings (SSSR count). The van der Waals surface area contributed by atoms with E-state index in [1.807, 2.05) is 73.3 Å². The topological polar surface area (TPSA) is 71.5 Å². The summed E-state index contributed by atoms with van der Waals surface area (Å²) in [4.78, 5) is 32.7. The van der Waals surface area contributed by atoms with Crippen LogP contribution in [0.4, 0.5) is 0 Å². The first-order valence-corrected chi connectivity index (χ1v) is 11.7. The zero-order valence-electron chi connectivity index (χ0n) is 20.0. The molecule has 34 heavy (non-hydrogen) atoms. The van der Waals surface area contributed by atoms with E-state index in [0.717, 1.165) is 35.4 Å². The van der Waals surface area contributed by atoms with Gasteiger partial charge in [-0.3, -0.25) is 14.6 Å². The average Bonchev–Trinajstić information content (AvgIpc) is 2.87. The van der Waals surface area contributed by atoms with Gasteiger partial charge in [0.2, 0.25) is 0 Å². The first-order chi connectivity index (χ1) is 16.5. The molecule has 2 heterocycles. The molecule has 0 unspecified atom stereocenters. The van der Waals surface area contributed by atoms with E-state index in [2.05, 4.69) is 5.32 Å². The summed E-state index contributed by atoms with van der Waals surface area (Å²) in [7, 11) is 1.60. The Morgan fingerprint density at radius 2 is 1.79 bits per heavy atom. The smallest absolute Gasteiger partial charge is 0.253 e. The summed E-state index contributed by atoms with van der Waals surface area (Å²) in [6.45, 7) is 5.72. The van der Waals surface area contributed by atoms with E-state index in [4.69, 9.17) is 9.72 Å². The number of ether oxygens (including phenoxy) is 1. The summed E-state index contributed by atoms with van der Waals surface area (Å²) in [6, 6.07) is 19.0. The maximum Gasteiger partial charge on any atom is 0.253 e. The van der Waals surface area contributed by atoms with Crippen LogP contribution >= 0.6 is 0 Å². The number of aryl methyl sites for hydroxylation is 2. The molecule has 0 atom stereocenters. The third-order valence-electron chi connectivity index (χ3n) is 6.49. The first kappa shape index (κ1) is 23.5. The Morgan fingerprint density at radius 1 is 1.03 bits per heavy atom. The number of rotatable bonds is 6. The van der Waals surface area contributed by atoms with E-state index in [9.17, 15) is 9.59 Å². The van der Waals surface area contributed by atoms with Crippen molar-refractivity contribution in [1.29, 1.82) is 0 Å². The molecule has 0 spiro atoms. The van der Waals surface area contributed by atoms with Crippen LogP contribution in [0, 0.1) is 13.8 Å². The van der Waals surface area contributed by atoms with Crippen molar-refractivity contribution >= 4 is 11.8 Å². The minimum atomic E-state index is -0.111. The molecule has 1 aliphatic rings. The number of likely N-dealkylation sites (tertiary alicyclic amines) is 1. The number of aromatic nitrogens is 1. The van der Waals surface area contributed by atoms with Gasteiger partial charge in [0.25, 0.3) is 11.8 Å². The van der Waals surface area contributed by atoms with E-state index in [-0.39, 0.29) is 17.7 Å². The molecule has 1 aliphatic heterocycles. The molecule has 0 bridgehead atoms. The fraction of sp³-hybridized carbons (Fsp3) is 0.321. The highest BCUT2D eigenvalue weighted by molar-refractivity contribution is 5.96. The molecule has 6 nitrogen and oxygen atoms in total. The molecular formula is C28H31N3O3. The molecule has 0 saturated carbocycles. The van der Waals surface area contributed by atoms with Crippen molar-refractivity contribution in [2.45, 2.75) is 39.2 Å². The Morgan fingerprint density at radius 3 is 2.53 bits per heavy atom. The highest BCUT2D eigenvalue weighted by atomic mass is 16.5. The summed E-state index contributed by atoms with van der Waals surface area (Å²) in [6.07, 6.45) is 1.54. The number of hydrogen-bond donors (Lipinski definition) is 1. The van der Waals surface area contributed by atoms with E-state index in [1.54, 1.807) is 13.2 Å².